The number of benzene rings is 1. The van der Waals surface area contributed by atoms with Crippen LogP contribution in [0.1, 0.15) is 0 Å². The number of pyridine rings is 1. The Bertz CT molecular complexity index is 643. The Morgan fingerprint density at radius 2 is 1.80 bits per heavy atom. The van der Waals surface area contributed by atoms with Crippen LogP contribution in [-0.4, -0.2) is 4.98 Å². The average Bonchev–Trinajstić information content (AvgIpc) is 2.30. The van der Waals surface area contributed by atoms with Crippen LogP contribution in [0.4, 0.5) is 0 Å². The minimum absolute atomic E-state index is 0.0764. The summed E-state index contributed by atoms with van der Waals surface area (Å²) in [4.78, 5) is 16.0. The summed E-state index contributed by atoms with van der Waals surface area (Å²) in [6.07, 6.45) is 1.59. The second kappa shape index (κ2) is 2.92. The number of hydrogen-bond donors (Lipinski definition) is 0. The first-order chi connectivity index (χ1) is 7.36. The van der Waals surface area contributed by atoms with Crippen LogP contribution in [0, 0.1) is 0 Å². The second-order valence-corrected chi connectivity index (χ2v) is 3.28. The molecule has 3 aromatic rings. The van der Waals surface area contributed by atoms with Crippen LogP contribution in [0.5, 0.6) is 0 Å². The van der Waals surface area contributed by atoms with Crippen molar-refractivity contribution < 1.29 is 4.42 Å². The Kier molecular flexibility index (Phi) is 1.59. The Labute approximate surface area is 85.0 Å². The highest BCUT2D eigenvalue weighted by molar-refractivity contribution is 5.87. The topological polar surface area (TPSA) is 43.1 Å². The van der Waals surface area contributed by atoms with Gasteiger partial charge >= 0.3 is 0 Å². The summed E-state index contributed by atoms with van der Waals surface area (Å²) in [6.45, 7) is 0. The van der Waals surface area contributed by atoms with Gasteiger partial charge in [0, 0.05) is 6.20 Å². The lowest BCUT2D eigenvalue weighted by Crippen LogP contribution is -2.03. The molecular weight excluding hydrogens is 190 g/mol. The summed E-state index contributed by atoms with van der Waals surface area (Å²) < 4.78 is 5.56. The van der Waals surface area contributed by atoms with Crippen molar-refractivity contribution in [1.82, 2.24) is 4.98 Å². The average molecular weight is 197 g/mol. The van der Waals surface area contributed by atoms with Crippen molar-refractivity contribution in [2.24, 2.45) is 0 Å². The zero-order valence-electron chi connectivity index (χ0n) is 7.81. The normalized spacial score (nSPS) is 10.9. The van der Waals surface area contributed by atoms with Gasteiger partial charge in [0.05, 0.1) is 5.39 Å². The van der Waals surface area contributed by atoms with Crippen molar-refractivity contribution in [3.63, 3.8) is 0 Å². The highest BCUT2D eigenvalue weighted by Gasteiger charge is 2.06. The molecular formula is C12H7NO2. The molecule has 2 heterocycles. The maximum Gasteiger partial charge on any atom is 0.218 e. The third-order valence-corrected chi connectivity index (χ3v) is 2.34. The lowest BCUT2D eigenvalue weighted by molar-refractivity contribution is 0.658. The Balaban J connectivity index is 2.66. The monoisotopic (exact) mass is 197 g/mol. The number of fused-ring (bicyclic) bond motifs is 2. The van der Waals surface area contributed by atoms with Gasteiger partial charge in [-0.3, -0.25) is 4.79 Å². The molecule has 3 heteroatoms. The molecule has 0 aliphatic carbocycles. The third kappa shape index (κ3) is 1.13. The van der Waals surface area contributed by atoms with Gasteiger partial charge in [-0.2, -0.15) is 0 Å². The van der Waals surface area contributed by atoms with E-state index in [-0.39, 0.29) is 5.43 Å². The first-order valence-corrected chi connectivity index (χ1v) is 4.63. The molecule has 15 heavy (non-hydrogen) atoms. The molecule has 3 rings (SSSR count). The van der Waals surface area contributed by atoms with Gasteiger partial charge in [-0.05, 0) is 24.3 Å². The van der Waals surface area contributed by atoms with Crippen molar-refractivity contribution in [1.29, 1.82) is 0 Å². The van der Waals surface area contributed by atoms with Gasteiger partial charge in [-0.1, -0.05) is 12.1 Å². The van der Waals surface area contributed by atoms with Gasteiger partial charge in [0.1, 0.15) is 5.58 Å². The van der Waals surface area contributed by atoms with E-state index in [1.165, 1.54) is 0 Å². The summed E-state index contributed by atoms with van der Waals surface area (Å²) >= 11 is 0. The van der Waals surface area contributed by atoms with Crippen LogP contribution < -0.4 is 5.43 Å². The summed E-state index contributed by atoms with van der Waals surface area (Å²) in [7, 11) is 0. The van der Waals surface area contributed by atoms with Crippen molar-refractivity contribution >= 4 is 22.1 Å². The van der Waals surface area contributed by atoms with Crippen molar-refractivity contribution in [3.05, 3.63) is 52.8 Å². The number of aromatic nitrogens is 1. The lowest BCUT2D eigenvalue weighted by atomic mass is 10.2. The molecule has 3 nitrogen and oxygen atoms in total. The largest absolute Gasteiger partial charge is 0.454 e. The number of nitrogens with zero attached hydrogens (tertiary/aromatic N) is 1. The predicted molar refractivity (Wildman–Crippen MR) is 57.8 cm³/mol. The van der Waals surface area contributed by atoms with Crippen LogP contribution in [0.25, 0.3) is 22.1 Å². The first kappa shape index (κ1) is 8.17. The molecule has 0 radical (unpaired) electrons. The Hall–Kier alpha value is -2.16. The Morgan fingerprint density at radius 1 is 1.00 bits per heavy atom. The van der Waals surface area contributed by atoms with E-state index < -0.39 is 0 Å². The van der Waals surface area contributed by atoms with Crippen molar-refractivity contribution in [2.45, 2.75) is 0 Å². The molecule has 0 bridgehead atoms. The van der Waals surface area contributed by atoms with E-state index in [4.69, 9.17) is 4.42 Å². The van der Waals surface area contributed by atoms with E-state index in [1.807, 2.05) is 12.1 Å². The maximum atomic E-state index is 12.0. The zero-order chi connectivity index (χ0) is 10.3. The smallest absolute Gasteiger partial charge is 0.218 e. The minimum Gasteiger partial charge on any atom is -0.454 e. The summed E-state index contributed by atoms with van der Waals surface area (Å²) in [5, 5.41) is 0.573. The highest BCUT2D eigenvalue weighted by Crippen LogP contribution is 2.15. The fourth-order valence-corrected chi connectivity index (χ4v) is 1.63. The van der Waals surface area contributed by atoms with Crippen LogP contribution in [-0.2, 0) is 0 Å². The molecule has 0 amide bonds. The quantitative estimate of drug-likeness (QED) is 0.519. The van der Waals surface area contributed by atoms with Gasteiger partial charge in [-0.25, -0.2) is 4.98 Å². The molecule has 72 valence electrons. The molecule has 1 aromatic carbocycles. The predicted octanol–water partition coefficient (Wildman–Crippen LogP) is 2.34. The third-order valence-electron chi connectivity index (χ3n) is 2.34. The lowest BCUT2D eigenvalue weighted by Gasteiger charge is -1.98. The molecule has 0 aliphatic rings. The van der Waals surface area contributed by atoms with Crippen LogP contribution in [0.15, 0.2) is 51.8 Å². The molecule has 2 aromatic heterocycles. The van der Waals surface area contributed by atoms with E-state index >= 15 is 0 Å². The molecule has 0 saturated heterocycles. The standard InChI is InChI=1S/C12H7NO2/c14-12-8-4-1-2-5-9(8)15-10-6-3-7-13-11(10)12/h1-7H. The highest BCUT2D eigenvalue weighted by atomic mass is 16.3. The van der Waals surface area contributed by atoms with Crippen LogP contribution in [0.2, 0.25) is 0 Å². The molecule has 0 atom stereocenters. The SMILES string of the molecule is O=c1c2ccccc2oc2cccnc12. The van der Waals surface area contributed by atoms with Crippen molar-refractivity contribution in [2.75, 3.05) is 0 Å². The van der Waals surface area contributed by atoms with Crippen LogP contribution in [0.3, 0.4) is 0 Å². The van der Waals surface area contributed by atoms with Gasteiger partial charge in [0.2, 0.25) is 5.43 Å². The van der Waals surface area contributed by atoms with Gasteiger partial charge < -0.3 is 4.42 Å². The second-order valence-electron chi connectivity index (χ2n) is 3.28. The van der Waals surface area contributed by atoms with Gasteiger partial charge in [-0.15, -0.1) is 0 Å². The molecule has 0 N–H and O–H groups in total. The zero-order valence-corrected chi connectivity index (χ0v) is 7.81. The minimum atomic E-state index is -0.0764. The van der Waals surface area contributed by atoms with Crippen molar-refractivity contribution in [3.8, 4) is 0 Å². The molecule has 0 saturated carbocycles. The van der Waals surface area contributed by atoms with E-state index in [2.05, 4.69) is 4.98 Å². The van der Waals surface area contributed by atoms with Gasteiger partial charge in [0.25, 0.3) is 0 Å². The summed E-state index contributed by atoms with van der Waals surface area (Å²) in [5.74, 6) is 0. The number of rotatable bonds is 0. The molecule has 0 fully saturated rings. The van der Waals surface area contributed by atoms with E-state index in [9.17, 15) is 4.79 Å². The fourth-order valence-electron chi connectivity index (χ4n) is 1.63. The summed E-state index contributed by atoms with van der Waals surface area (Å²) in [5.41, 5.74) is 1.44. The summed E-state index contributed by atoms with van der Waals surface area (Å²) in [6, 6.07) is 10.7. The van der Waals surface area contributed by atoms with E-state index in [1.54, 1.807) is 30.5 Å². The van der Waals surface area contributed by atoms with Gasteiger partial charge in [0.15, 0.2) is 11.1 Å². The van der Waals surface area contributed by atoms with E-state index in [0.29, 0.717) is 22.1 Å². The Morgan fingerprint density at radius 3 is 2.73 bits per heavy atom. The molecule has 0 unspecified atom stereocenters. The fraction of sp³-hybridized carbons (Fsp3) is 0. The van der Waals surface area contributed by atoms with Crippen LogP contribution >= 0.6 is 0 Å². The molecule has 0 spiro atoms. The number of para-hydroxylation sites is 1. The van der Waals surface area contributed by atoms with E-state index in [0.717, 1.165) is 0 Å². The number of hydrogen-bond acceptors (Lipinski definition) is 3. The first-order valence-electron chi connectivity index (χ1n) is 4.63. The maximum absolute atomic E-state index is 12.0. The molecule has 0 aliphatic heterocycles.